The van der Waals surface area contributed by atoms with Crippen LogP contribution in [0.2, 0.25) is 0 Å². The summed E-state index contributed by atoms with van der Waals surface area (Å²) >= 11 is 0. The van der Waals surface area contributed by atoms with Crippen molar-refractivity contribution in [2.75, 3.05) is 98.9 Å². The number of hydrogen-bond acceptors (Lipinski definition) is 31. The van der Waals surface area contributed by atoms with Crippen molar-refractivity contribution >= 4 is 135 Å². The molecule has 8 rings (SSSR count). The van der Waals surface area contributed by atoms with Gasteiger partial charge < -0.3 is 37.9 Å². The lowest BCUT2D eigenvalue weighted by molar-refractivity contribution is 0.144. The number of rotatable bonds is 42. The second-order valence-corrected chi connectivity index (χ2v) is 31.1. The number of aromatic nitrogens is 15. The van der Waals surface area contributed by atoms with Crippen LogP contribution in [0.15, 0.2) is 156 Å². The second-order valence-electron chi connectivity index (χ2n) is 20.3. The molecule has 0 bridgehead atoms. The first-order valence-electron chi connectivity index (χ1n) is 32.4. The molecule has 556 valence electrons. The van der Waals surface area contributed by atoms with E-state index in [1.807, 2.05) is 43.2 Å². The number of carbonyl (C=O) groups excluding carboxylic acids is 8. The van der Waals surface area contributed by atoms with Gasteiger partial charge in [-0.1, -0.05) is 112 Å². The molecule has 8 heterocycles. The molecule has 8 aromatic heterocycles. The third kappa shape index (κ3) is 40.2. The van der Waals surface area contributed by atoms with Gasteiger partial charge in [0.25, 0.3) is 0 Å². The Morgan fingerprint density at radius 2 is 0.392 bits per heavy atom. The lowest BCUT2D eigenvalue weighted by Crippen LogP contribution is -2.14. The van der Waals surface area contributed by atoms with Crippen LogP contribution in [0.25, 0.3) is 0 Å². The quantitative estimate of drug-likeness (QED) is 0.0195. The molecule has 0 aromatic carbocycles. The van der Waals surface area contributed by atoms with Gasteiger partial charge in [-0.15, -0.1) is 0 Å². The Labute approximate surface area is 622 Å². The second kappa shape index (κ2) is 56.8. The summed E-state index contributed by atoms with van der Waals surface area (Å²) in [7, 11) is 14.0. The molecule has 102 heavy (non-hydrogen) atoms. The number of hydrogen-bond donors (Lipinski definition) is 0. The fourth-order valence-electron chi connectivity index (χ4n) is 7.37. The zero-order chi connectivity index (χ0) is 72.4. The third-order valence-corrected chi connectivity index (χ3v) is 22.6. The Bertz CT molecular complexity index is 3180. The molecule has 0 saturated heterocycles. The minimum atomic E-state index is -0.447. The topological polar surface area (TPSA) is 340 Å². The van der Waals surface area contributed by atoms with E-state index in [1.165, 1.54) is 137 Å². The molecule has 0 aliphatic heterocycles. The lowest BCUT2D eigenvalue weighted by atomic mass is 10.2. The van der Waals surface area contributed by atoms with Gasteiger partial charge in [0, 0.05) is 145 Å². The van der Waals surface area contributed by atoms with E-state index in [0.29, 0.717) is 64.4 Å². The van der Waals surface area contributed by atoms with Crippen molar-refractivity contribution in [2.45, 2.75) is 89.9 Å². The molecule has 0 N–H and O–H groups in total. The fraction of sp³-hybridized carbons (Fsp3) is 0.476. The van der Waals surface area contributed by atoms with E-state index in [4.69, 9.17) is 37.9 Å². The average Bonchev–Trinajstić information content (AvgIpc) is 2.10. The van der Waals surface area contributed by atoms with Crippen molar-refractivity contribution in [1.82, 2.24) is 71.4 Å². The summed E-state index contributed by atoms with van der Waals surface area (Å²) in [6.45, 7) is 3.17. The van der Waals surface area contributed by atoms with Gasteiger partial charge in [0.15, 0.2) is 0 Å². The summed E-state index contributed by atoms with van der Waals surface area (Å²) in [5.41, 5.74) is 0. The lowest BCUT2D eigenvalue weighted by Gasteiger charge is -2.05. The molecule has 0 saturated carbocycles. The van der Waals surface area contributed by atoms with Crippen molar-refractivity contribution in [1.29, 1.82) is 0 Å². The Balaban J connectivity index is 0.000000246. The highest BCUT2D eigenvalue weighted by Crippen LogP contribution is 2.26. The highest BCUT2D eigenvalue weighted by molar-refractivity contribution is 8.77. The maximum Gasteiger partial charge on any atom is 0.419 e. The van der Waals surface area contributed by atoms with Crippen molar-refractivity contribution in [3.05, 3.63) is 156 Å². The van der Waals surface area contributed by atoms with Gasteiger partial charge in [0.1, 0.15) is 57.5 Å². The number of carbonyl (C=O) groups is 8. The number of unbranched alkanes of at least 4 members (excludes halogenated alkanes) is 8. The molecule has 0 spiro atoms. The van der Waals surface area contributed by atoms with E-state index < -0.39 is 36.6 Å². The van der Waals surface area contributed by atoms with E-state index in [2.05, 4.69) is 34.9 Å². The number of ether oxygens (including phenoxy) is 8. The molecule has 39 heteroatoms. The van der Waals surface area contributed by atoms with E-state index in [-0.39, 0.29) is 12.2 Å². The summed E-state index contributed by atoms with van der Waals surface area (Å²) in [6, 6.07) is 3.61. The number of imidazole rings is 7. The van der Waals surface area contributed by atoms with Gasteiger partial charge in [-0.2, -0.15) is 0 Å². The largest absolute Gasteiger partial charge is 0.449 e. The molecule has 0 radical (unpaired) electrons. The molecule has 8 aromatic rings. The molecule has 0 unspecified atom stereocenters. The normalized spacial score (nSPS) is 10.6. The number of nitrogens with zero attached hydrogens (tertiary/aromatic N) is 15. The van der Waals surface area contributed by atoms with Crippen LogP contribution in [0.5, 0.6) is 0 Å². The molecule has 0 fully saturated rings. The van der Waals surface area contributed by atoms with Gasteiger partial charge in [0.05, 0.1) is 39.6 Å². The van der Waals surface area contributed by atoms with Gasteiger partial charge >= 0.3 is 48.7 Å². The first-order chi connectivity index (χ1) is 50.1. The maximum absolute atomic E-state index is 11.6. The Kier molecular flexibility index (Phi) is 47.3. The van der Waals surface area contributed by atoms with Gasteiger partial charge in [-0.25, -0.2) is 105 Å². The summed E-state index contributed by atoms with van der Waals surface area (Å²) in [5, 5.41) is 0. The Hall–Kier alpha value is -7.69. The monoisotopic (exact) mass is 1560 g/mol. The average molecular weight is 1560 g/mol. The predicted molar refractivity (Wildman–Crippen MR) is 398 cm³/mol. The SMILES string of the molecule is O=C(OCCCCCCSSCCCCCCOC(=O)n1ccnc1)n1cccc1.O=C(OCCCCSSCCCCOC(=O)n1ccnc1)n1ccnc1.O=C(OCCCSSCCCOC(=O)n1ccnc1)n1ccnc1.O=C(OCCSSCCOC(=O)n1ccnc1)n1ccnc1. The smallest absolute Gasteiger partial charge is 0.419 e. The van der Waals surface area contributed by atoms with Crippen LogP contribution in [0, 0.1) is 0 Å². The Morgan fingerprint density at radius 3 is 0.637 bits per heavy atom. The highest BCUT2D eigenvalue weighted by atomic mass is 33.1. The molecule has 0 amide bonds. The van der Waals surface area contributed by atoms with Crippen LogP contribution in [0.1, 0.15) is 89.9 Å². The summed E-state index contributed by atoms with van der Waals surface area (Å²) in [4.78, 5) is 119. The molecular weight excluding hydrogens is 1480 g/mol. The van der Waals surface area contributed by atoms with E-state index in [0.717, 1.165) is 105 Å². The first-order valence-corrected chi connectivity index (χ1v) is 42.4. The van der Waals surface area contributed by atoms with Crippen LogP contribution < -0.4 is 0 Å². The zero-order valence-electron chi connectivity index (χ0n) is 56.2. The minimum Gasteiger partial charge on any atom is -0.449 e. The third-order valence-electron chi connectivity index (χ3n) is 12.5. The van der Waals surface area contributed by atoms with Crippen molar-refractivity contribution in [3.63, 3.8) is 0 Å². The Morgan fingerprint density at radius 1 is 0.206 bits per heavy atom. The predicted octanol–water partition coefficient (Wildman–Crippen LogP) is 14.6. The molecule has 0 aliphatic carbocycles. The van der Waals surface area contributed by atoms with Gasteiger partial charge in [-0.3, -0.25) is 4.57 Å². The van der Waals surface area contributed by atoms with Crippen molar-refractivity contribution in [2.24, 2.45) is 0 Å². The van der Waals surface area contributed by atoms with E-state index in [1.54, 1.807) is 117 Å². The summed E-state index contributed by atoms with van der Waals surface area (Å²) in [6.07, 6.45) is 45.7. The molecule has 0 atom stereocenters. The standard InChI is InChI=1S/C21H31N3O4S2.C16H22N4O4S2.C14H18N4O4S2.C12H14N4O4S2/c25-20(23-12-5-6-13-23)27-15-7-1-3-9-17-29-30-18-10-4-2-8-16-28-21(26)24-14-11-22-19-24;21-15(19-7-5-17-13-19)23-9-1-3-11-25-26-12-4-2-10-24-16(22)20-8-6-18-14-20;19-13(17-5-3-15-11-17)21-7-1-9-23-24-10-2-8-22-14(20)18-6-4-16-12-18;17-11(15-3-1-13-9-15)19-5-7-21-22-8-6-20-12(18)16-4-2-14-10-16/h5-6,11-14,19H,1-4,7-10,15-18H2;5-8,13-14H,1-4,9-12H2;3-6,11-12H,1-2,7-10H2;1-4,9-10H,5-8H2. The molecular formula is C63H85N15O16S8. The van der Waals surface area contributed by atoms with E-state index in [9.17, 15) is 38.4 Å². The molecule has 31 nitrogen and oxygen atoms in total. The van der Waals surface area contributed by atoms with Gasteiger partial charge in [0.2, 0.25) is 0 Å². The van der Waals surface area contributed by atoms with Gasteiger partial charge in [-0.05, 0) is 76.3 Å². The minimum absolute atomic E-state index is 0.303. The van der Waals surface area contributed by atoms with Crippen LogP contribution in [0.4, 0.5) is 38.4 Å². The van der Waals surface area contributed by atoms with Crippen molar-refractivity contribution < 1.29 is 76.3 Å². The maximum atomic E-state index is 11.6. The molecule has 0 aliphatic rings. The van der Waals surface area contributed by atoms with Crippen LogP contribution in [-0.2, 0) is 37.9 Å². The fourth-order valence-corrected chi connectivity index (χ4v) is 15.7. The van der Waals surface area contributed by atoms with Crippen LogP contribution >= 0.6 is 86.4 Å². The van der Waals surface area contributed by atoms with Crippen LogP contribution in [-0.4, -0.2) is 219 Å². The van der Waals surface area contributed by atoms with Crippen molar-refractivity contribution in [3.8, 4) is 0 Å². The van der Waals surface area contributed by atoms with E-state index >= 15 is 0 Å². The first kappa shape index (κ1) is 85.0. The highest BCUT2D eigenvalue weighted by Gasteiger charge is 2.11. The summed E-state index contributed by atoms with van der Waals surface area (Å²) in [5.74, 6) is 7.44. The van der Waals surface area contributed by atoms with Crippen LogP contribution in [0.3, 0.4) is 0 Å². The zero-order valence-corrected chi connectivity index (χ0v) is 62.7. The summed E-state index contributed by atoms with van der Waals surface area (Å²) < 4.78 is 51.4.